The highest BCUT2D eigenvalue weighted by atomic mass is 32.1. The Bertz CT molecular complexity index is 555. The van der Waals surface area contributed by atoms with Gasteiger partial charge in [-0.1, -0.05) is 24.3 Å². The molecule has 1 aliphatic rings. The van der Waals surface area contributed by atoms with E-state index in [1.165, 1.54) is 16.1 Å². The summed E-state index contributed by atoms with van der Waals surface area (Å²) >= 11 is 1.70. The van der Waals surface area contributed by atoms with Crippen molar-refractivity contribution in [3.63, 3.8) is 0 Å². The fourth-order valence-corrected chi connectivity index (χ4v) is 3.33. The predicted octanol–water partition coefficient (Wildman–Crippen LogP) is 3.09. The zero-order valence-corrected chi connectivity index (χ0v) is 10.2. The van der Waals surface area contributed by atoms with Crippen LogP contribution in [0.15, 0.2) is 29.6 Å². The zero-order valence-electron chi connectivity index (χ0n) is 9.39. The van der Waals surface area contributed by atoms with Gasteiger partial charge < -0.3 is 0 Å². The van der Waals surface area contributed by atoms with E-state index in [0.717, 1.165) is 18.5 Å². The minimum Gasteiger partial charge on any atom is -0.245 e. The molecule has 0 saturated heterocycles. The fourth-order valence-electron chi connectivity index (χ4n) is 2.41. The monoisotopic (exact) mass is 240 g/mol. The molecule has 0 radical (unpaired) electrons. The first-order valence-electron chi connectivity index (χ1n) is 5.75. The smallest absolute Gasteiger partial charge is 0.0966 e. The highest BCUT2D eigenvalue weighted by molar-refractivity contribution is 7.09. The summed E-state index contributed by atoms with van der Waals surface area (Å²) in [5.74, 6) is 0.518. The van der Waals surface area contributed by atoms with Gasteiger partial charge in [-0.15, -0.1) is 11.3 Å². The van der Waals surface area contributed by atoms with Crippen LogP contribution in [0.3, 0.4) is 0 Å². The number of hydrogen-bond acceptors (Lipinski definition) is 3. The summed E-state index contributed by atoms with van der Waals surface area (Å²) in [5.41, 5.74) is 3.83. The van der Waals surface area contributed by atoms with Gasteiger partial charge in [0.25, 0.3) is 0 Å². The molecular weight excluding hydrogens is 228 g/mol. The Kier molecular flexibility index (Phi) is 2.66. The first-order valence-corrected chi connectivity index (χ1v) is 6.63. The van der Waals surface area contributed by atoms with Crippen molar-refractivity contribution in [2.24, 2.45) is 0 Å². The van der Waals surface area contributed by atoms with Crippen molar-refractivity contribution in [2.45, 2.75) is 25.2 Å². The van der Waals surface area contributed by atoms with Crippen molar-refractivity contribution in [1.82, 2.24) is 4.98 Å². The molecule has 3 heteroatoms. The van der Waals surface area contributed by atoms with Crippen LogP contribution in [0.5, 0.6) is 0 Å². The predicted molar refractivity (Wildman–Crippen MR) is 68.0 cm³/mol. The fraction of sp³-hybridized carbons (Fsp3) is 0.286. The minimum absolute atomic E-state index is 0.427. The summed E-state index contributed by atoms with van der Waals surface area (Å²) < 4.78 is 0. The van der Waals surface area contributed by atoms with Crippen LogP contribution < -0.4 is 0 Å². The van der Waals surface area contributed by atoms with Gasteiger partial charge in [0.2, 0.25) is 0 Å². The van der Waals surface area contributed by atoms with E-state index in [4.69, 9.17) is 5.26 Å². The van der Waals surface area contributed by atoms with Gasteiger partial charge in [0.15, 0.2) is 0 Å². The topological polar surface area (TPSA) is 36.7 Å². The summed E-state index contributed by atoms with van der Waals surface area (Å²) in [7, 11) is 0. The third kappa shape index (κ3) is 1.96. The Morgan fingerprint density at radius 2 is 2.00 bits per heavy atom. The summed E-state index contributed by atoms with van der Waals surface area (Å²) in [5, 5.41) is 11.9. The molecule has 0 unspecified atom stereocenters. The van der Waals surface area contributed by atoms with E-state index in [9.17, 15) is 0 Å². The molecule has 0 fully saturated rings. The lowest BCUT2D eigenvalue weighted by Crippen LogP contribution is -1.97. The molecule has 1 aromatic heterocycles. The number of benzene rings is 1. The van der Waals surface area contributed by atoms with E-state index in [1.807, 2.05) is 5.38 Å². The quantitative estimate of drug-likeness (QED) is 0.808. The highest BCUT2D eigenvalue weighted by Crippen LogP contribution is 2.35. The van der Waals surface area contributed by atoms with E-state index in [2.05, 4.69) is 35.3 Å². The first-order chi connectivity index (χ1) is 8.36. The average molecular weight is 240 g/mol. The van der Waals surface area contributed by atoms with Crippen LogP contribution in [0.25, 0.3) is 0 Å². The third-order valence-corrected chi connectivity index (χ3v) is 4.29. The molecule has 0 spiro atoms. The normalized spacial score (nSPS) is 14.5. The Labute approximate surface area is 105 Å². The van der Waals surface area contributed by atoms with Crippen LogP contribution in [0, 0.1) is 11.3 Å². The van der Waals surface area contributed by atoms with E-state index in [1.54, 1.807) is 11.3 Å². The van der Waals surface area contributed by atoms with Crippen LogP contribution in [-0.2, 0) is 19.3 Å². The minimum atomic E-state index is 0.427. The van der Waals surface area contributed by atoms with E-state index in [0.29, 0.717) is 12.3 Å². The van der Waals surface area contributed by atoms with Crippen LogP contribution in [0.1, 0.15) is 27.7 Å². The van der Waals surface area contributed by atoms with Crippen LogP contribution in [0.4, 0.5) is 0 Å². The summed E-state index contributed by atoms with van der Waals surface area (Å²) in [6, 6.07) is 10.8. The molecular formula is C14H12N2S. The average Bonchev–Trinajstić information content (AvgIpc) is 2.94. The Hall–Kier alpha value is -1.66. The molecule has 2 aromatic rings. The maximum Gasteiger partial charge on any atom is 0.0966 e. The Morgan fingerprint density at radius 1 is 1.29 bits per heavy atom. The lowest BCUT2D eigenvalue weighted by molar-refractivity contribution is 0.730. The summed E-state index contributed by atoms with van der Waals surface area (Å²) in [6.07, 6.45) is 2.61. The van der Waals surface area contributed by atoms with Crippen molar-refractivity contribution < 1.29 is 0 Å². The Balaban J connectivity index is 1.82. The standard InChI is InChI=1S/C14H12N2S/c15-6-5-13-9-17-14(16-13)12-7-10-3-1-2-4-11(10)8-12/h1-4,9,12H,5,7-8H2. The lowest BCUT2D eigenvalue weighted by Gasteiger charge is -2.03. The van der Waals surface area contributed by atoms with Crippen molar-refractivity contribution in [2.75, 3.05) is 0 Å². The number of fused-ring (bicyclic) bond motifs is 1. The zero-order chi connectivity index (χ0) is 11.7. The number of thiazole rings is 1. The maximum absolute atomic E-state index is 8.65. The molecule has 2 nitrogen and oxygen atoms in total. The van der Waals surface area contributed by atoms with E-state index >= 15 is 0 Å². The van der Waals surface area contributed by atoms with E-state index < -0.39 is 0 Å². The van der Waals surface area contributed by atoms with Crippen molar-refractivity contribution in [3.8, 4) is 6.07 Å². The molecule has 0 N–H and O–H groups in total. The molecule has 1 aliphatic carbocycles. The molecule has 0 atom stereocenters. The van der Waals surface area contributed by atoms with Crippen LogP contribution in [-0.4, -0.2) is 4.98 Å². The number of nitrogens with zero attached hydrogens (tertiary/aromatic N) is 2. The van der Waals surface area contributed by atoms with Gasteiger partial charge in [0, 0.05) is 11.3 Å². The molecule has 0 aliphatic heterocycles. The molecule has 1 aromatic carbocycles. The summed E-state index contributed by atoms with van der Waals surface area (Å²) in [6.45, 7) is 0. The van der Waals surface area contributed by atoms with Crippen molar-refractivity contribution in [1.29, 1.82) is 5.26 Å². The lowest BCUT2D eigenvalue weighted by atomic mass is 10.1. The van der Waals surface area contributed by atoms with Crippen LogP contribution in [0.2, 0.25) is 0 Å². The van der Waals surface area contributed by atoms with Gasteiger partial charge in [0.05, 0.1) is 23.2 Å². The molecule has 3 rings (SSSR count). The molecule has 0 amide bonds. The van der Waals surface area contributed by atoms with Gasteiger partial charge >= 0.3 is 0 Å². The van der Waals surface area contributed by atoms with E-state index in [-0.39, 0.29) is 0 Å². The SMILES string of the molecule is N#CCc1csc(C2Cc3ccccc3C2)n1. The summed E-state index contributed by atoms with van der Waals surface area (Å²) in [4.78, 5) is 4.56. The number of rotatable bonds is 2. The second kappa shape index (κ2) is 4.31. The third-order valence-electron chi connectivity index (χ3n) is 3.23. The maximum atomic E-state index is 8.65. The molecule has 0 saturated carbocycles. The number of nitriles is 1. The van der Waals surface area contributed by atoms with Gasteiger partial charge in [-0.25, -0.2) is 4.98 Å². The second-order valence-corrected chi connectivity index (χ2v) is 5.28. The molecule has 17 heavy (non-hydrogen) atoms. The molecule has 1 heterocycles. The van der Waals surface area contributed by atoms with Crippen LogP contribution >= 0.6 is 11.3 Å². The van der Waals surface area contributed by atoms with Gasteiger partial charge in [-0.3, -0.25) is 0 Å². The molecule has 84 valence electrons. The first kappa shape index (κ1) is 10.5. The highest BCUT2D eigenvalue weighted by Gasteiger charge is 2.24. The van der Waals surface area contributed by atoms with Gasteiger partial charge in [-0.2, -0.15) is 5.26 Å². The Morgan fingerprint density at radius 3 is 2.65 bits per heavy atom. The van der Waals surface area contributed by atoms with Crippen molar-refractivity contribution >= 4 is 11.3 Å². The number of aromatic nitrogens is 1. The molecule has 0 bridgehead atoms. The largest absolute Gasteiger partial charge is 0.245 e. The van der Waals surface area contributed by atoms with Gasteiger partial charge in [-0.05, 0) is 24.0 Å². The number of hydrogen-bond donors (Lipinski definition) is 0. The van der Waals surface area contributed by atoms with Crippen molar-refractivity contribution in [3.05, 3.63) is 51.5 Å². The second-order valence-electron chi connectivity index (χ2n) is 4.39. The van der Waals surface area contributed by atoms with Gasteiger partial charge in [0.1, 0.15) is 0 Å².